The monoisotopic (exact) mass is 296 g/mol. The van der Waals surface area contributed by atoms with Crippen molar-refractivity contribution in [2.45, 2.75) is 6.18 Å². The molecule has 0 saturated heterocycles. The Labute approximate surface area is 117 Å². The highest BCUT2D eigenvalue weighted by Crippen LogP contribution is 2.32. The molecule has 0 atom stereocenters. The van der Waals surface area contributed by atoms with E-state index in [1.807, 2.05) is 30.3 Å². The third-order valence-corrected chi connectivity index (χ3v) is 3.25. The summed E-state index contributed by atoms with van der Waals surface area (Å²) in [6.45, 7) is 0. The minimum atomic E-state index is -4.45. The molecule has 6 heteroatoms. The predicted molar refractivity (Wildman–Crippen MR) is 71.1 cm³/mol. The summed E-state index contributed by atoms with van der Waals surface area (Å²) < 4.78 is 39.4. The summed E-state index contributed by atoms with van der Waals surface area (Å²) in [4.78, 5) is 3.85. The van der Waals surface area contributed by atoms with Crippen LogP contribution in [0.5, 0.6) is 0 Å². The van der Waals surface area contributed by atoms with Gasteiger partial charge >= 0.3 is 6.18 Å². The number of pyridine rings is 1. The van der Waals surface area contributed by atoms with Gasteiger partial charge in [0.2, 0.25) is 0 Å². The SMILES string of the molecule is FC(F)(F)c1cnc(-n2ccc3ccccc32)c(Cl)c1. The molecule has 2 nitrogen and oxygen atoms in total. The van der Waals surface area contributed by atoms with Gasteiger partial charge in [0, 0.05) is 12.4 Å². The van der Waals surface area contributed by atoms with Crippen molar-refractivity contribution < 1.29 is 13.2 Å². The quantitative estimate of drug-likeness (QED) is 0.636. The number of para-hydroxylation sites is 1. The molecule has 0 aliphatic heterocycles. The number of hydrogen-bond donors (Lipinski definition) is 0. The van der Waals surface area contributed by atoms with Crippen LogP contribution in [0, 0.1) is 0 Å². The summed E-state index contributed by atoms with van der Waals surface area (Å²) in [6.07, 6.45) is -1.93. The van der Waals surface area contributed by atoms with Crippen LogP contribution in [0.25, 0.3) is 16.7 Å². The molecule has 0 spiro atoms. The van der Waals surface area contributed by atoms with E-state index in [1.54, 1.807) is 10.8 Å². The largest absolute Gasteiger partial charge is 0.417 e. The summed E-state index contributed by atoms with van der Waals surface area (Å²) in [7, 11) is 0. The molecular formula is C14H8ClF3N2. The average molecular weight is 297 g/mol. The molecule has 3 rings (SSSR count). The first-order valence-electron chi connectivity index (χ1n) is 5.76. The minimum absolute atomic E-state index is 0.0406. The molecule has 0 radical (unpaired) electrons. The Morgan fingerprint density at radius 2 is 1.85 bits per heavy atom. The smallest absolute Gasteiger partial charge is 0.300 e. The van der Waals surface area contributed by atoms with Gasteiger partial charge in [-0.15, -0.1) is 0 Å². The van der Waals surface area contributed by atoms with E-state index in [-0.39, 0.29) is 10.8 Å². The van der Waals surface area contributed by atoms with Gasteiger partial charge in [0.25, 0.3) is 0 Å². The zero-order valence-electron chi connectivity index (χ0n) is 10.0. The number of benzene rings is 1. The van der Waals surface area contributed by atoms with Crippen molar-refractivity contribution in [1.29, 1.82) is 0 Å². The Morgan fingerprint density at radius 3 is 2.55 bits per heavy atom. The van der Waals surface area contributed by atoms with Gasteiger partial charge in [-0.1, -0.05) is 29.8 Å². The highest BCUT2D eigenvalue weighted by molar-refractivity contribution is 6.32. The molecule has 0 unspecified atom stereocenters. The summed E-state index contributed by atoms with van der Waals surface area (Å²) in [6, 6.07) is 10.2. The lowest BCUT2D eigenvalue weighted by Gasteiger charge is -2.10. The maximum Gasteiger partial charge on any atom is 0.417 e. The van der Waals surface area contributed by atoms with Crippen molar-refractivity contribution in [3.05, 3.63) is 59.4 Å². The number of rotatable bonds is 1. The van der Waals surface area contributed by atoms with E-state index in [2.05, 4.69) is 4.98 Å². The first kappa shape index (κ1) is 13.0. The number of hydrogen-bond acceptors (Lipinski definition) is 1. The van der Waals surface area contributed by atoms with Gasteiger partial charge in [-0.05, 0) is 23.6 Å². The third kappa shape index (κ3) is 2.14. The van der Waals surface area contributed by atoms with E-state index in [9.17, 15) is 13.2 Å². The van der Waals surface area contributed by atoms with E-state index in [0.29, 0.717) is 0 Å². The second kappa shape index (κ2) is 4.52. The molecule has 2 heterocycles. The minimum Gasteiger partial charge on any atom is -0.300 e. The number of alkyl halides is 3. The zero-order chi connectivity index (χ0) is 14.3. The molecule has 0 fully saturated rings. The van der Waals surface area contributed by atoms with Crippen LogP contribution >= 0.6 is 11.6 Å². The van der Waals surface area contributed by atoms with Crippen LogP contribution in [-0.2, 0) is 6.18 Å². The van der Waals surface area contributed by atoms with E-state index in [4.69, 9.17) is 11.6 Å². The Morgan fingerprint density at radius 1 is 1.10 bits per heavy atom. The second-order valence-corrected chi connectivity index (χ2v) is 4.68. The highest BCUT2D eigenvalue weighted by atomic mass is 35.5. The molecule has 102 valence electrons. The van der Waals surface area contributed by atoms with Crippen LogP contribution in [0.1, 0.15) is 5.56 Å². The lowest BCUT2D eigenvalue weighted by Crippen LogP contribution is -2.07. The Hall–Kier alpha value is -2.01. The van der Waals surface area contributed by atoms with E-state index in [0.717, 1.165) is 23.2 Å². The topological polar surface area (TPSA) is 17.8 Å². The van der Waals surface area contributed by atoms with Gasteiger partial charge in [-0.2, -0.15) is 13.2 Å². The fraction of sp³-hybridized carbons (Fsp3) is 0.0714. The molecule has 1 aromatic carbocycles. The molecule has 0 N–H and O–H groups in total. The fourth-order valence-electron chi connectivity index (χ4n) is 2.03. The molecular weight excluding hydrogens is 289 g/mol. The standard InChI is InChI=1S/C14H8ClF3N2/c15-11-7-10(14(16,17)18)8-19-13(11)20-6-5-9-3-1-2-4-12(9)20/h1-8H. The zero-order valence-corrected chi connectivity index (χ0v) is 10.8. The molecule has 0 aliphatic carbocycles. The summed E-state index contributed by atoms with van der Waals surface area (Å²) >= 11 is 5.94. The number of aromatic nitrogens is 2. The van der Waals surface area contributed by atoms with Gasteiger partial charge in [0.05, 0.1) is 16.1 Å². The van der Waals surface area contributed by atoms with E-state index in [1.165, 1.54) is 0 Å². The van der Waals surface area contributed by atoms with Crippen LogP contribution < -0.4 is 0 Å². The first-order valence-corrected chi connectivity index (χ1v) is 6.14. The van der Waals surface area contributed by atoms with Crippen LogP contribution in [0.2, 0.25) is 5.02 Å². The van der Waals surface area contributed by atoms with Gasteiger partial charge in [0.15, 0.2) is 5.82 Å². The van der Waals surface area contributed by atoms with Gasteiger partial charge in [-0.3, -0.25) is 4.57 Å². The molecule has 3 aromatic rings. The van der Waals surface area contributed by atoms with E-state index < -0.39 is 11.7 Å². The molecule has 0 aliphatic rings. The Bertz CT molecular complexity index is 777. The predicted octanol–water partition coefficient (Wildman–Crippen LogP) is 4.70. The number of halogens is 4. The van der Waals surface area contributed by atoms with E-state index >= 15 is 0 Å². The van der Waals surface area contributed by atoms with Crippen molar-refractivity contribution in [2.75, 3.05) is 0 Å². The number of nitrogens with zero attached hydrogens (tertiary/aromatic N) is 2. The summed E-state index contributed by atoms with van der Waals surface area (Å²) in [5.74, 6) is 0.279. The average Bonchev–Trinajstić information content (AvgIpc) is 2.81. The molecule has 0 bridgehead atoms. The first-order chi connectivity index (χ1) is 9.47. The molecule has 20 heavy (non-hydrogen) atoms. The van der Waals surface area contributed by atoms with Crippen LogP contribution in [0.15, 0.2) is 48.8 Å². The summed E-state index contributed by atoms with van der Waals surface area (Å²) in [5, 5.41) is 0.923. The van der Waals surface area contributed by atoms with Crippen molar-refractivity contribution in [1.82, 2.24) is 9.55 Å². The lowest BCUT2D eigenvalue weighted by atomic mass is 10.2. The van der Waals surface area contributed by atoms with Crippen LogP contribution in [0.4, 0.5) is 13.2 Å². The van der Waals surface area contributed by atoms with Crippen molar-refractivity contribution in [3.63, 3.8) is 0 Å². The third-order valence-electron chi connectivity index (χ3n) is 2.98. The van der Waals surface area contributed by atoms with Gasteiger partial charge < -0.3 is 0 Å². The van der Waals surface area contributed by atoms with Gasteiger partial charge in [0.1, 0.15) is 0 Å². The maximum atomic E-state index is 12.6. The maximum absolute atomic E-state index is 12.6. The fourth-order valence-corrected chi connectivity index (χ4v) is 2.29. The normalized spacial score (nSPS) is 12.0. The highest BCUT2D eigenvalue weighted by Gasteiger charge is 2.31. The second-order valence-electron chi connectivity index (χ2n) is 4.27. The molecule has 0 saturated carbocycles. The van der Waals surface area contributed by atoms with Crippen molar-refractivity contribution >= 4 is 22.5 Å². The van der Waals surface area contributed by atoms with Crippen LogP contribution in [-0.4, -0.2) is 9.55 Å². The molecule has 0 amide bonds. The number of fused-ring (bicyclic) bond motifs is 1. The lowest BCUT2D eigenvalue weighted by molar-refractivity contribution is -0.137. The summed E-state index contributed by atoms with van der Waals surface area (Å²) in [5.41, 5.74) is -0.0237. The van der Waals surface area contributed by atoms with Crippen molar-refractivity contribution in [2.24, 2.45) is 0 Å². The molecule has 2 aromatic heterocycles. The Kier molecular flexibility index (Phi) is 2.94. The van der Waals surface area contributed by atoms with Gasteiger partial charge in [-0.25, -0.2) is 4.98 Å². The van der Waals surface area contributed by atoms with Crippen molar-refractivity contribution in [3.8, 4) is 5.82 Å². The van der Waals surface area contributed by atoms with Crippen LogP contribution in [0.3, 0.4) is 0 Å². The Balaban J connectivity index is 2.16.